The summed E-state index contributed by atoms with van der Waals surface area (Å²) in [6.45, 7) is 0. The van der Waals surface area contributed by atoms with Crippen molar-refractivity contribution in [3.05, 3.63) is 23.1 Å². The van der Waals surface area contributed by atoms with E-state index >= 15 is 0 Å². The number of hydrogen-bond acceptors (Lipinski definition) is 3. The van der Waals surface area contributed by atoms with Crippen LogP contribution in [-0.2, 0) is 0 Å². The van der Waals surface area contributed by atoms with Gasteiger partial charge in [-0.25, -0.2) is 5.43 Å². The minimum atomic E-state index is 0.104. The van der Waals surface area contributed by atoms with Crippen molar-refractivity contribution in [3.8, 4) is 0 Å². The fourth-order valence-electron chi connectivity index (χ4n) is 1.84. The zero-order valence-corrected chi connectivity index (χ0v) is 8.76. The number of nitrogens with two attached hydrogens (primary N) is 1. The van der Waals surface area contributed by atoms with Crippen LogP contribution in [0, 0.1) is 5.92 Å². The predicted octanol–water partition coefficient (Wildman–Crippen LogP) is 2.63. The summed E-state index contributed by atoms with van der Waals surface area (Å²) in [6, 6.07) is 3.74. The van der Waals surface area contributed by atoms with Gasteiger partial charge in [-0.1, -0.05) is 19.3 Å². The molecule has 14 heavy (non-hydrogen) atoms. The Hall–Kier alpha value is -0.510. The zero-order chi connectivity index (χ0) is 9.97. The van der Waals surface area contributed by atoms with Crippen LogP contribution in [-0.4, -0.2) is 0 Å². The molecule has 1 aromatic heterocycles. The highest BCUT2D eigenvalue weighted by atomic mass is 35.5. The summed E-state index contributed by atoms with van der Waals surface area (Å²) in [4.78, 5) is 0. The van der Waals surface area contributed by atoms with E-state index < -0.39 is 0 Å². The first-order chi connectivity index (χ1) is 6.79. The molecule has 0 aliphatic heterocycles. The van der Waals surface area contributed by atoms with E-state index in [2.05, 4.69) is 5.43 Å². The SMILES string of the molecule is NNC(CC1CCC1)c1ccc(Cl)o1. The van der Waals surface area contributed by atoms with E-state index in [9.17, 15) is 0 Å². The number of rotatable bonds is 4. The minimum Gasteiger partial charge on any atom is -0.448 e. The van der Waals surface area contributed by atoms with Gasteiger partial charge in [0.15, 0.2) is 5.22 Å². The molecule has 1 saturated carbocycles. The summed E-state index contributed by atoms with van der Waals surface area (Å²) in [6.07, 6.45) is 5.01. The van der Waals surface area contributed by atoms with Crippen molar-refractivity contribution in [2.45, 2.75) is 31.7 Å². The monoisotopic (exact) mass is 214 g/mol. The highest BCUT2D eigenvalue weighted by Gasteiger charge is 2.24. The van der Waals surface area contributed by atoms with Gasteiger partial charge in [0.05, 0.1) is 6.04 Å². The molecule has 0 spiro atoms. The van der Waals surface area contributed by atoms with Crippen molar-refractivity contribution in [3.63, 3.8) is 0 Å². The van der Waals surface area contributed by atoms with E-state index in [0.717, 1.165) is 18.1 Å². The van der Waals surface area contributed by atoms with Crippen LogP contribution in [0.4, 0.5) is 0 Å². The van der Waals surface area contributed by atoms with Gasteiger partial charge in [0.2, 0.25) is 0 Å². The maximum Gasteiger partial charge on any atom is 0.193 e. The molecule has 0 saturated heterocycles. The van der Waals surface area contributed by atoms with Crippen LogP contribution in [0.15, 0.2) is 16.5 Å². The van der Waals surface area contributed by atoms with Crippen molar-refractivity contribution < 1.29 is 4.42 Å². The first kappa shape index (κ1) is 10.0. The van der Waals surface area contributed by atoms with E-state index in [1.165, 1.54) is 19.3 Å². The van der Waals surface area contributed by atoms with Crippen LogP contribution < -0.4 is 11.3 Å². The van der Waals surface area contributed by atoms with E-state index in [-0.39, 0.29) is 6.04 Å². The third kappa shape index (κ3) is 2.11. The molecule has 1 heterocycles. The van der Waals surface area contributed by atoms with Crippen LogP contribution in [0.1, 0.15) is 37.5 Å². The molecule has 0 aromatic carbocycles. The highest BCUT2D eigenvalue weighted by Crippen LogP contribution is 2.35. The zero-order valence-electron chi connectivity index (χ0n) is 8.00. The highest BCUT2D eigenvalue weighted by molar-refractivity contribution is 6.28. The minimum absolute atomic E-state index is 0.104. The quantitative estimate of drug-likeness (QED) is 0.599. The van der Waals surface area contributed by atoms with Crippen molar-refractivity contribution >= 4 is 11.6 Å². The van der Waals surface area contributed by atoms with Crippen LogP contribution in [0.3, 0.4) is 0 Å². The second kappa shape index (κ2) is 4.34. The predicted molar refractivity (Wildman–Crippen MR) is 55.7 cm³/mol. The Labute approximate surface area is 88.6 Å². The number of furan rings is 1. The molecule has 3 nitrogen and oxygen atoms in total. The van der Waals surface area contributed by atoms with E-state index in [4.69, 9.17) is 21.9 Å². The van der Waals surface area contributed by atoms with Crippen molar-refractivity contribution in [1.29, 1.82) is 0 Å². The topological polar surface area (TPSA) is 51.2 Å². The Balaban J connectivity index is 1.97. The van der Waals surface area contributed by atoms with Crippen LogP contribution in [0.25, 0.3) is 0 Å². The number of nitrogens with one attached hydrogen (secondary N) is 1. The summed E-state index contributed by atoms with van der Waals surface area (Å²) in [5.74, 6) is 7.12. The molecule has 2 rings (SSSR count). The molecule has 0 amide bonds. The van der Waals surface area contributed by atoms with Gasteiger partial charge in [0.1, 0.15) is 5.76 Å². The molecule has 0 bridgehead atoms. The van der Waals surface area contributed by atoms with E-state index in [1.807, 2.05) is 6.07 Å². The Bertz CT molecular complexity index is 296. The maximum absolute atomic E-state index is 5.71. The molecule has 1 aliphatic rings. The van der Waals surface area contributed by atoms with Gasteiger partial charge in [-0.05, 0) is 36.1 Å². The molecule has 3 N–H and O–H groups in total. The smallest absolute Gasteiger partial charge is 0.193 e. The van der Waals surface area contributed by atoms with Gasteiger partial charge in [-0.2, -0.15) is 0 Å². The van der Waals surface area contributed by atoms with Crippen molar-refractivity contribution in [1.82, 2.24) is 5.43 Å². The maximum atomic E-state index is 5.71. The molecule has 4 heteroatoms. The first-order valence-corrected chi connectivity index (χ1v) is 5.38. The average Bonchev–Trinajstić information content (AvgIpc) is 2.50. The lowest BCUT2D eigenvalue weighted by atomic mass is 9.80. The van der Waals surface area contributed by atoms with Crippen molar-refractivity contribution in [2.24, 2.45) is 11.8 Å². The summed E-state index contributed by atoms with van der Waals surface area (Å²) in [7, 11) is 0. The Morgan fingerprint density at radius 3 is 2.79 bits per heavy atom. The fourth-order valence-corrected chi connectivity index (χ4v) is 2.00. The molecule has 1 fully saturated rings. The largest absolute Gasteiger partial charge is 0.448 e. The van der Waals surface area contributed by atoms with E-state index in [1.54, 1.807) is 6.07 Å². The third-order valence-corrected chi connectivity index (χ3v) is 3.14. The molecule has 0 radical (unpaired) electrons. The molecule has 1 atom stereocenters. The van der Waals surface area contributed by atoms with Crippen LogP contribution in [0.2, 0.25) is 5.22 Å². The lowest BCUT2D eigenvalue weighted by Crippen LogP contribution is -2.30. The molecular formula is C10H15ClN2O. The van der Waals surface area contributed by atoms with Gasteiger partial charge in [0.25, 0.3) is 0 Å². The lowest BCUT2D eigenvalue weighted by molar-refractivity contribution is 0.247. The van der Waals surface area contributed by atoms with Crippen molar-refractivity contribution in [2.75, 3.05) is 0 Å². The number of hydrazine groups is 1. The summed E-state index contributed by atoms with van der Waals surface area (Å²) >= 11 is 5.71. The molecule has 1 aromatic rings. The Morgan fingerprint density at radius 2 is 2.36 bits per heavy atom. The Morgan fingerprint density at radius 1 is 1.57 bits per heavy atom. The summed E-state index contributed by atoms with van der Waals surface area (Å²) in [5, 5.41) is 0.425. The number of hydrogen-bond donors (Lipinski definition) is 2. The molecule has 78 valence electrons. The van der Waals surface area contributed by atoms with Gasteiger partial charge in [-0.15, -0.1) is 0 Å². The molecule has 1 unspecified atom stereocenters. The third-order valence-electron chi connectivity index (χ3n) is 2.93. The summed E-state index contributed by atoms with van der Waals surface area (Å²) < 4.78 is 5.33. The van der Waals surface area contributed by atoms with Gasteiger partial charge in [-0.3, -0.25) is 5.84 Å². The van der Waals surface area contributed by atoms with Gasteiger partial charge >= 0.3 is 0 Å². The lowest BCUT2D eigenvalue weighted by Gasteiger charge is -2.28. The normalized spacial score (nSPS) is 19.3. The first-order valence-electron chi connectivity index (χ1n) is 5.01. The van der Waals surface area contributed by atoms with E-state index in [0.29, 0.717) is 5.22 Å². The standard InChI is InChI=1S/C10H15ClN2O/c11-10-5-4-9(14-10)8(13-12)6-7-2-1-3-7/h4-5,7-8,13H,1-3,6,12H2. The second-order valence-corrected chi connectivity index (χ2v) is 4.27. The Kier molecular flexibility index (Phi) is 3.11. The van der Waals surface area contributed by atoms with Gasteiger partial charge < -0.3 is 4.42 Å². The second-order valence-electron chi connectivity index (χ2n) is 3.89. The number of halogens is 1. The fraction of sp³-hybridized carbons (Fsp3) is 0.600. The summed E-state index contributed by atoms with van der Waals surface area (Å²) in [5.41, 5.74) is 2.78. The van der Waals surface area contributed by atoms with Crippen LogP contribution in [0.5, 0.6) is 0 Å². The average molecular weight is 215 g/mol. The van der Waals surface area contributed by atoms with Crippen LogP contribution >= 0.6 is 11.6 Å². The molecule has 1 aliphatic carbocycles. The molecular weight excluding hydrogens is 200 g/mol. The van der Waals surface area contributed by atoms with Gasteiger partial charge in [0, 0.05) is 0 Å².